The molecule has 0 aliphatic carbocycles. The number of carboxylic acids is 1. The van der Waals surface area contributed by atoms with Crippen LogP contribution >= 0.6 is 0 Å². The van der Waals surface area contributed by atoms with Gasteiger partial charge in [0.25, 0.3) is 0 Å². The Bertz CT molecular complexity index is 220. The molecule has 2 atom stereocenters. The minimum Gasteiger partial charge on any atom is -0.479 e. The van der Waals surface area contributed by atoms with E-state index in [1.165, 1.54) is 0 Å². The lowest BCUT2D eigenvalue weighted by Crippen LogP contribution is -2.44. The molecule has 0 saturated carbocycles. The standard InChI is InChI=1S/C9H18N2O4/c1-3-4-6(2)11-9(15)10-5-7(12)8(13)14/h6-7,12H,3-5H2,1-2H3,(H,13,14)(H2,10,11,15)/t6?,7-/m0/s1. The van der Waals surface area contributed by atoms with Gasteiger partial charge in [-0.1, -0.05) is 13.3 Å². The highest BCUT2D eigenvalue weighted by Crippen LogP contribution is 1.93. The van der Waals surface area contributed by atoms with Gasteiger partial charge < -0.3 is 20.8 Å². The van der Waals surface area contributed by atoms with Crippen molar-refractivity contribution >= 4 is 12.0 Å². The molecule has 2 amide bonds. The van der Waals surface area contributed by atoms with Crippen molar-refractivity contribution in [3.63, 3.8) is 0 Å². The summed E-state index contributed by atoms with van der Waals surface area (Å²) in [5, 5.41) is 22.1. The van der Waals surface area contributed by atoms with Gasteiger partial charge in [-0.05, 0) is 13.3 Å². The van der Waals surface area contributed by atoms with Crippen molar-refractivity contribution in [3.05, 3.63) is 0 Å². The number of nitrogens with one attached hydrogen (secondary N) is 2. The predicted octanol–water partition coefficient (Wildman–Crippen LogP) is -0.0803. The second-order valence-electron chi connectivity index (χ2n) is 3.40. The number of carboxylic acid groups (broad SMARTS) is 1. The second-order valence-corrected chi connectivity index (χ2v) is 3.40. The molecule has 0 rings (SSSR count). The molecule has 15 heavy (non-hydrogen) atoms. The number of hydrogen-bond donors (Lipinski definition) is 4. The summed E-state index contributed by atoms with van der Waals surface area (Å²) in [5.41, 5.74) is 0. The third-order valence-corrected chi connectivity index (χ3v) is 1.84. The highest BCUT2D eigenvalue weighted by atomic mass is 16.4. The highest BCUT2D eigenvalue weighted by molar-refractivity contribution is 5.76. The van der Waals surface area contributed by atoms with Crippen LogP contribution in [-0.2, 0) is 4.79 Å². The molecule has 0 aliphatic heterocycles. The third-order valence-electron chi connectivity index (χ3n) is 1.84. The molecule has 88 valence electrons. The van der Waals surface area contributed by atoms with E-state index in [9.17, 15) is 9.59 Å². The Morgan fingerprint density at radius 3 is 2.47 bits per heavy atom. The van der Waals surface area contributed by atoms with Gasteiger partial charge in [0, 0.05) is 6.04 Å². The van der Waals surface area contributed by atoms with Crippen molar-refractivity contribution in [2.45, 2.75) is 38.8 Å². The van der Waals surface area contributed by atoms with Crippen LogP contribution < -0.4 is 10.6 Å². The van der Waals surface area contributed by atoms with Crippen molar-refractivity contribution in [1.29, 1.82) is 0 Å². The number of aliphatic hydroxyl groups is 1. The molecule has 0 spiro atoms. The van der Waals surface area contributed by atoms with Crippen molar-refractivity contribution in [2.24, 2.45) is 0 Å². The van der Waals surface area contributed by atoms with E-state index in [4.69, 9.17) is 10.2 Å². The van der Waals surface area contributed by atoms with E-state index in [1.54, 1.807) is 0 Å². The van der Waals surface area contributed by atoms with Crippen LogP contribution in [0.4, 0.5) is 4.79 Å². The molecule has 0 aromatic heterocycles. The molecule has 1 unspecified atom stereocenters. The summed E-state index contributed by atoms with van der Waals surface area (Å²) in [5.74, 6) is -1.35. The minimum absolute atomic E-state index is 0.0389. The molecule has 6 heteroatoms. The first-order valence-corrected chi connectivity index (χ1v) is 4.92. The first-order chi connectivity index (χ1) is 6.97. The van der Waals surface area contributed by atoms with E-state index in [2.05, 4.69) is 10.6 Å². The predicted molar refractivity (Wildman–Crippen MR) is 54.5 cm³/mol. The van der Waals surface area contributed by atoms with Crippen LogP contribution in [0, 0.1) is 0 Å². The lowest BCUT2D eigenvalue weighted by atomic mass is 10.2. The average Bonchev–Trinajstić information content (AvgIpc) is 2.14. The molecule has 4 N–H and O–H groups in total. The van der Waals surface area contributed by atoms with Gasteiger partial charge in [0.05, 0.1) is 6.54 Å². The second kappa shape index (κ2) is 7.05. The first kappa shape index (κ1) is 13.7. The fraction of sp³-hybridized carbons (Fsp3) is 0.778. The fourth-order valence-corrected chi connectivity index (χ4v) is 1.06. The molecule has 0 aliphatic rings. The van der Waals surface area contributed by atoms with Crippen molar-refractivity contribution in [3.8, 4) is 0 Å². The van der Waals surface area contributed by atoms with E-state index in [0.29, 0.717) is 0 Å². The molecule has 0 bridgehead atoms. The number of hydrogen-bond acceptors (Lipinski definition) is 3. The smallest absolute Gasteiger partial charge is 0.334 e. The molecule has 0 fully saturated rings. The van der Waals surface area contributed by atoms with Crippen LogP contribution in [-0.4, -0.2) is 40.9 Å². The van der Waals surface area contributed by atoms with Gasteiger partial charge in [-0.25, -0.2) is 9.59 Å². The summed E-state index contributed by atoms with van der Waals surface area (Å²) < 4.78 is 0. The Balaban J connectivity index is 3.70. The van der Waals surface area contributed by atoms with Crippen LogP contribution in [0.5, 0.6) is 0 Å². The van der Waals surface area contributed by atoms with Crippen LogP contribution in [0.3, 0.4) is 0 Å². The van der Waals surface area contributed by atoms with Crippen molar-refractivity contribution in [2.75, 3.05) is 6.54 Å². The zero-order chi connectivity index (χ0) is 11.8. The minimum atomic E-state index is -1.56. The SMILES string of the molecule is CCCC(C)NC(=O)NC[C@H](O)C(=O)O. The largest absolute Gasteiger partial charge is 0.479 e. The quantitative estimate of drug-likeness (QED) is 0.501. The molecule has 0 radical (unpaired) electrons. The highest BCUT2D eigenvalue weighted by Gasteiger charge is 2.14. The number of amides is 2. The molecule has 0 saturated heterocycles. The van der Waals surface area contributed by atoms with Gasteiger partial charge >= 0.3 is 12.0 Å². The lowest BCUT2D eigenvalue weighted by Gasteiger charge is -2.14. The summed E-state index contributed by atoms with van der Waals surface area (Å²) in [6.45, 7) is 3.57. The van der Waals surface area contributed by atoms with E-state index in [0.717, 1.165) is 12.8 Å². The molecule has 0 aromatic rings. The zero-order valence-corrected chi connectivity index (χ0v) is 8.99. The number of aliphatic hydroxyl groups excluding tert-OH is 1. The van der Waals surface area contributed by atoms with E-state index in [-0.39, 0.29) is 12.6 Å². The van der Waals surface area contributed by atoms with Gasteiger partial charge in [0.2, 0.25) is 0 Å². The Morgan fingerprint density at radius 1 is 1.40 bits per heavy atom. The molecule has 6 nitrogen and oxygen atoms in total. The van der Waals surface area contributed by atoms with Crippen LogP contribution in [0.2, 0.25) is 0 Å². The van der Waals surface area contributed by atoms with Gasteiger partial charge in [-0.3, -0.25) is 0 Å². The Morgan fingerprint density at radius 2 is 2.00 bits per heavy atom. The molecular weight excluding hydrogens is 200 g/mol. The number of carbonyl (C=O) groups excluding carboxylic acids is 1. The maximum absolute atomic E-state index is 11.1. The maximum Gasteiger partial charge on any atom is 0.334 e. The summed E-state index contributed by atoms with van der Waals surface area (Å²) >= 11 is 0. The molecule has 0 heterocycles. The summed E-state index contributed by atoms with van der Waals surface area (Å²) in [7, 11) is 0. The number of rotatable bonds is 6. The number of aliphatic carboxylic acids is 1. The number of carbonyl (C=O) groups is 2. The van der Waals surface area contributed by atoms with Gasteiger partial charge in [-0.2, -0.15) is 0 Å². The van der Waals surface area contributed by atoms with Crippen LogP contribution in [0.15, 0.2) is 0 Å². The van der Waals surface area contributed by atoms with Crippen LogP contribution in [0.25, 0.3) is 0 Å². The van der Waals surface area contributed by atoms with Crippen molar-refractivity contribution in [1.82, 2.24) is 10.6 Å². The third kappa shape index (κ3) is 6.73. The Labute approximate surface area is 88.7 Å². The van der Waals surface area contributed by atoms with Gasteiger partial charge in [0.15, 0.2) is 6.10 Å². The topological polar surface area (TPSA) is 98.7 Å². The van der Waals surface area contributed by atoms with E-state index < -0.39 is 18.1 Å². The lowest BCUT2D eigenvalue weighted by molar-refractivity contribution is -0.146. The Hall–Kier alpha value is -1.30. The van der Waals surface area contributed by atoms with Crippen LogP contribution in [0.1, 0.15) is 26.7 Å². The number of urea groups is 1. The molecule has 0 aromatic carbocycles. The monoisotopic (exact) mass is 218 g/mol. The van der Waals surface area contributed by atoms with E-state index in [1.807, 2.05) is 13.8 Å². The average molecular weight is 218 g/mol. The summed E-state index contributed by atoms with van der Waals surface area (Å²) in [6.07, 6.45) is 0.255. The normalized spacial score (nSPS) is 14.1. The van der Waals surface area contributed by atoms with E-state index >= 15 is 0 Å². The first-order valence-electron chi connectivity index (χ1n) is 4.92. The van der Waals surface area contributed by atoms with Crippen molar-refractivity contribution < 1.29 is 19.8 Å². The zero-order valence-electron chi connectivity index (χ0n) is 8.99. The van der Waals surface area contributed by atoms with Gasteiger partial charge in [-0.15, -0.1) is 0 Å². The van der Waals surface area contributed by atoms with Gasteiger partial charge in [0.1, 0.15) is 0 Å². The summed E-state index contributed by atoms with van der Waals surface area (Å²) in [4.78, 5) is 21.3. The fourth-order valence-electron chi connectivity index (χ4n) is 1.06. The summed E-state index contributed by atoms with van der Waals surface area (Å²) in [6, 6.07) is -0.423. The molecular formula is C9H18N2O4. The Kier molecular flexibility index (Phi) is 6.44. The maximum atomic E-state index is 11.1.